The van der Waals surface area contributed by atoms with Crippen molar-refractivity contribution in [3.63, 3.8) is 0 Å². The van der Waals surface area contributed by atoms with Gasteiger partial charge in [-0.2, -0.15) is 0 Å². The fourth-order valence-electron chi connectivity index (χ4n) is 0.577. The zero-order valence-electron chi connectivity index (χ0n) is 11.3. The van der Waals surface area contributed by atoms with E-state index in [0.717, 1.165) is 30.4 Å². The van der Waals surface area contributed by atoms with Gasteiger partial charge in [-0.1, -0.05) is 34.8 Å². The van der Waals surface area contributed by atoms with Crippen LogP contribution in [0.1, 0.15) is 27.7 Å². The molecule has 106 valence electrons. The van der Waals surface area contributed by atoms with Crippen molar-refractivity contribution in [1.82, 2.24) is 0 Å². The zero-order chi connectivity index (χ0) is 14.3. The second-order valence-corrected chi connectivity index (χ2v) is 9.70. The first-order valence-corrected chi connectivity index (χ1v) is 10.1. The van der Waals surface area contributed by atoms with Crippen molar-refractivity contribution in [2.45, 2.75) is 52.6 Å². The number of carbonyl (C=O) groups excluding carboxylic acids is 1. The van der Waals surface area contributed by atoms with E-state index in [4.69, 9.17) is 34.8 Å². The van der Waals surface area contributed by atoms with Crippen LogP contribution in [0.25, 0.3) is 0 Å². The fourth-order valence-corrected chi connectivity index (χ4v) is 1.73. The summed E-state index contributed by atoms with van der Waals surface area (Å²) in [5.74, 6) is -1.71. The van der Waals surface area contributed by atoms with E-state index in [1.165, 1.54) is 21.1 Å². The standard InChI is InChI=1S/C2HCl3O2.4C2H5.2Al.ClH/c3-2(4,5)1(6)7;4*1-2;;;/h(H,6,7);4*1H2,2H3;;;1H/q;;;;;2*+1;/p-2. The normalized spacial score (nSPS) is 8.17. The van der Waals surface area contributed by atoms with Gasteiger partial charge < -0.3 is 22.3 Å². The minimum Gasteiger partial charge on any atom is -1.00 e. The molecule has 0 aliphatic rings. The second-order valence-electron chi connectivity index (χ2n) is 3.00. The summed E-state index contributed by atoms with van der Waals surface area (Å²) in [6.07, 6.45) is 0. The Morgan fingerprint density at radius 1 is 0.944 bits per heavy atom. The zero-order valence-corrected chi connectivity index (χ0v) is 16.6. The summed E-state index contributed by atoms with van der Waals surface area (Å²) in [5.41, 5.74) is 0. The molecule has 18 heavy (non-hydrogen) atoms. The second kappa shape index (κ2) is 21.0. The maximum atomic E-state index is 9.51. The molecule has 0 saturated carbocycles. The Morgan fingerprint density at radius 3 is 1.11 bits per heavy atom. The molecule has 0 radical (unpaired) electrons. The van der Waals surface area contributed by atoms with Crippen LogP contribution in [0.2, 0.25) is 21.1 Å². The van der Waals surface area contributed by atoms with Crippen molar-refractivity contribution < 1.29 is 22.3 Å². The molecule has 2 nitrogen and oxygen atoms in total. The molecule has 0 spiro atoms. The Morgan fingerprint density at radius 2 is 1.11 bits per heavy atom. The van der Waals surface area contributed by atoms with Gasteiger partial charge in [0, 0.05) is 0 Å². The van der Waals surface area contributed by atoms with Crippen LogP contribution in [0.15, 0.2) is 0 Å². The smallest absolute Gasteiger partial charge is 0.230 e. The summed E-state index contributed by atoms with van der Waals surface area (Å²) < 4.78 is -2.28. The summed E-state index contributed by atoms with van der Waals surface area (Å²) >= 11 is 15.8. The van der Waals surface area contributed by atoms with Gasteiger partial charge in [0.2, 0.25) is 3.79 Å². The van der Waals surface area contributed by atoms with Crippen molar-refractivity contribution in [1.29, 1.82) is 0 Å². The number of carboxylic acids is 1. The third kappa shape index (κ3) is 36.1. The van der Waals surface area contributed by atoms with Gasteiger partial charge >= 0.3 is 79.3 Å². The van der Waals surface area contributed by atoms with Crippen molar-refractivity contribution in [2.24, 2.45) is 0 Å². The van der Waals surface area contributed by atoms with Crippen LogP contribution in [-0.2, 0) is 4.79 Å². The minimum atomic E-state index is -2.28. The topological polar surface area (TPSA) is 40.1 Å². The molecule has 0 aliphatic carbocycles. The quantitative estimate of drug-likeness (QED) is 0.527. The van der Waals surface area contributed by atoms with E-state index in [9.17, 15) is 9.90 Å². The van der Waals surface area contributed by atoms with Crippen LogP contribution in [0.4, 0.5) is 0 Å². The van der Waals surface area contributed by atoms with Crippen molar-refractivity contribution in [2.75, 3.05) is 0 Å². The van der Waals surface area contributed by atoms with Gasteiger partial charge in [0.05, 0.1) is 5.97 Å². The molecule has 0 fully saturated rings. The predicted octanol–water partition coefficient (Wildman–Crippen LogP) is 0.244. The maximum absolute atomic E-state index is 9.51. The van der Waals surface area contributed by atoms with Crippen LogP contribution in [0.5, 0.6) is 0 Å². The minimum absolute atomic E-state index is 0. The fraction of sp³-hybridized carbons (Fsp3) is 0.900. The van der Waals surface area contributed by atoms with Gasteiger partial charge in [-0.15, -0.1) is 0 Å². The molecule has 0 saturated heterocycles. The van der Waals surface area contributed by atoms with Crippen LogP contribution < -0.4 is 17.5 Å². The average molecular weight is 368 g/mol. The molecule has 0 aromatic rings. The number of rotatable bonds is 4. The molecule has 0 aliphatic heterocycles. The molecule has 0 heterocycles. The molecule has 0 amide bonds. The Labute approximate surface area is 145 Å². The molecule has 0 bridgehead atoms. The van der Waals surface area contributed by atoms with Gasteiger partial charge in [-0.3, -0.25) is 0 Å². The van der Waals surface area contributed by atoms with Crippen LogP contribution in [0.3, 0.4) is 0 Å². The average Bonchev–Trinajstić information content (AvgIpc) is 2.20. The monoisotopic (exact) mass is 366 g/mol. The van der Waals surface area contributed by atoms with Crippen molar-refractivity contribution in [3.8, 4) is 0 Å². The maximum Gasteiger partial charge on any atom is 0.230 e. The van der Waals surface area contributed by atoms with Gasteiger partial charge in [0.15, 0.2) is 0 Å². The third-order valence-corrected chi connectivity index (χ3v) is 4.16. The number of hydrogen-bond donors (Lipinski definition) is 0. The predicted molar refractivity (Wildman–Crippen MR) is 78.7 cm³/mol. The molecule has 0 rings (SSSR count). The number of carboxylic acid groups (broad SMARTS) is 1. The van der Waals surface area contributed by atoms with Gasteiger partial charge in [0.1, 0.15) is 0 Å². The Balaban J connectivity index is -0.0000000813. The molecular weight excluding hydrogens is 348 g/mol. The molecule has 0 N–H and O–H groups in total. The third-order valence-electron chi connectivity index (χ3n) is 1.39. The Bertz CT molecular complexity index is 156. The summed E-state index contributed by atoms with van der Waals surface area (Å²) in [6, 6.07) is 0. The first-order chi connectivity index (χ1) is 7.77. The molecule has 0 aromatic heterocycles. The van der Waals surface area contributed by atoms with Gasteiger partial charge in [0.25, 0.3) is 0 Å². The number of halogens is 4. The molecule has 0 atom stereocenters. The summed E-state index contributed by atoms with van der Waals surface area (Å²) in [7, 11) is 0. The molecular formula is C10H20Al2Cl4O2. The molecule has 0 unspecified atom stereocenters. The van der Waals surface area contributed by atoms with Crippen LogP contribution >= 0.6 is 34.8 Å². The van der Waals surface area contributed by atoms with Gasteiger partial charge in [-0.25, -0.2) is 0 Å². The summed E-state index contributed by atoms with van der Waals surface area (Å²) in [6.45, 7) is 9.00. The van der Waals surface area contributed by atoms with E-state index >= 15 is 0 Å². The van der Waals surface area contributed by atoms with E-state index in [1.54, 1.807) is 0 Å². The molecule has 0 aromatic carbocycles. The number of alkyl halides is 3. The Kier molecular flexibility index (Phi) is 32.6. The number of aliphatic carboxylic acids is 1. The van der Waals surface area contributed by atoms with Gasteiger partial charge in [-0.05, 0) is 0 Å². The van der Waals surface area contributed by atoms with E-state index in [0.29, 0.717) is 0 Å². The van der Waals surface area contributed by atoms with Crippen LogP contribution in [-0.4, -0.2) is 40.2 Å². The van der Waals surface area contributed by atoms with E-state index in [1.807, 2.05) is 0 Å². The first-order valence-electron chi connectivity index (χ1n) is 5.69. The number of carbonyl (C=O) groups is 1. The van der Waals surface area contributed by atoms with Crippen LogP contribution in [0, 0.1) is 0 Å². The van der Waals surface area contributed by atoms with Crippen molar-refractivity contribution >= 4 is 71.2 Å². The summed E-state index contributed by atoms with van der Waals surface area (Å²) in [4.78, 5) is 9.51. The van der Waals surface area contributed by atoms with E-state index in [-0.39, 0.29) is 12.4 Å². The molecule has 8 heteroatoms. The largest absolute Gasteiger partial charge is 1.00 e. The first kappa shape index (κ1) is 27.9. The SMILES string of the molecule is C[CH2][Al+][CH2]C.C[CH2][Al+][CH2]C.O=C([O-])C(Cl)(Cl)Cl.[Cl-]. The van der Waals surface area contributed by atoms with E-state index in [2.05, 4.69) is 27.7 Å². The number of hydrogen-bond acceptors (Lipinski definition) is 2. The van der Waals surface area contributed by atoms with Crippen molar-refractivity contribution in [3.05, 3.63) is 0 Å². The Hall–Kier alpha value is 1.69. The summed E-state index contributed by atoms with van der Waals surface area (Å²) in [5, 5.41) is 15.2. The van der Waals surface area contributed by atoms with E-state index < -0.39 is 9.76 Å².